The normalized spacial score (nSPS) is 13.2. The smallest absolute Gasteiger partial charge is 0.231 e. The van der Waals surface area contributed by atoms with E-state index >= 15 is 0 Å². The van der Waals surface area contributed by atoms with Gasteiger partial charge in [0.2, 0.25) is 5.71 Å². The van der Waals surface area contributed by atoms with Crippen molar-refractivity contribution < 1.29 is 4.42 Å². The number of rotatable bonds is 4. The lowest BCUT2D eigenvalue weighted by Crippen LogP contribution is -2.14. The van der Waals surface area contributed by atoms with Crippen LogP contribution >= 0.6 is 0 Å². The second kappa shape index (κ2) is 11.1. The molecule has 3 heterocycles. The van der Waals surface area contributed by atoms with Crippen LogP contribution in [-0.4, -0.2) is 14.5 Å². The molecule has 0 radical (unpaired) electrons. The largest absolute Gasteiger partial charge is 0.438 e. The van der Waals surface area contributed by atoms with E-state index in [1.807, 2.05) is 48.5 Å². The van der Waals surface area contributed by atoms with Gasteiger partial charge in [0, 0.05) is 38.4 Å². The second-order valence-electron chi connectivity index (χ2n) is 14.6. The van der Waals surface area contributed by atoms with E-state index in [4.69, 9.17) is 14.4 Å². The van der Waals surface area contributed by atoms with E-state index in [0.717, 1.165) is 50.0 Å². The van der Waals surface area contributed by atoms with Gasteiger partial charge >= 0.3 is 0 Å². The molecule has 0 N–H and O–H groups in total. The van der Waals surface area contributed by atoms with Crippen molar-refractivity contribution in [1.82, 2.24) is 14.5 Å². The van der Waals surface area contributed by atoms with Crippen LogP contribution in [0, 0.1) is 0 Å². The maximum absolute atomic E-state index is 6.47. The SMILES string of the molecule is CC1(C)c2ccccc2-c2cc3c4ccccc4n(-c4cccc(-c5ccc6oc7nc(-c8ccccc8)nc(-c8ccccc8)c7c6c5)c4)c3cc21. The monoisotopic (exact) mass is 679 g/mol. The first kappa shape index (κ1) is 29.9. The van der Waals surface area contributed by atoms with Crippen molar-refractivity contribution in [3.05, 3.63) is 175 Å². The molecule has 4 heteroatoms. The van der Waals surface area contributed by atoms with Gasteiger partial charge in [-0.3, -0.25) is 0 Å². The van der Waals surface area contributed by atoms with Gasteiger partial charge in [-0.15, -0.1) is 0 Å². The second-order valence-corrected chi connectivity index (χ2v) is 14.6. The Bertz CT molecular complexity index is 3080. The van der Waals surface area contributed by atoms with Crippen molar-refractivity contribution in [2.45, 2.75) is 19.3 Å². The third-order valence-electron chi connectivity index (χ3n) is 11.2. The van der Waals surface area contributed by atoms with Crippen LogP contribution in [0.15, 0.2) is 168 Å². The molecule has 0 bridgehead atoms. The van der Waals surface area contributed by atoms with Crippen LogP contribution in [0.2, 0.25) is 0 Å². The molecule has 1 aliphatic rings. The fourth-order valence-corrected chi connectivity index (χ4v) is 8.64. The number of benzene rings is 7. The molecular weight excluding hydrogens is 647 g/mol. The molecule has 0 atom stereocenters. The van der Waals surface area contributed by atoms with Crippen molar-refractivity contribution in [2.24, 2.45) is 0 Å². The van der Waals surface area contributed by atoms with Crippen LogP contribution in [0.3, 0.4) is 0 Å². The van der Waals surface area contributed by atoms with Crippen LogP contribution in [0.4, 0.5) is 0 Å². The Hall–Kier alpha value is -6.78. The Balaban J connectivity index is 1.10. The number of hydrogen-bond acceptors (Lipinski definition) is 3. The molecule has 7 aromatic carbocycles. The standard InChI is InChI=1S/C49H33N3O/c1-49(2)40-22-11-9-20-35(40)37-28-38-36-21-10-12-23-42(36)52(43(38)29-41(37)49)34-19-13-18-32(26-34)33-24-25-44-39(27-33)45-46(30-14-5-3-6-15-30)50-47(51-48(45)53-44)31-16-7-4-8-17-31/h3-29H,1-2H3. The maximum atomic E-state index is 6.47. The van der Waals surface area contributed by atoms with E-state index in [-0.39, 0.29) is 5.41 Å². The fourth-order valence-electron chi connectivity index (χ4n) is 8.64. The Morgan fingerprint density at radius 2 is 1.21 bits per heavy atom. The third kappa shape index (κ3) is 4.42. The first-order valence-electron chi connectivity index (χ1n) is 18.2. The molecule has 3 aromatic heterocycles. The molecular formula is C49H33N3O. The van der Waals surface area contributed by atoms with Gasteiger partial charge in [-0.2, -0.15) is 4.98 Å². The summed E-state index contributed by atoms with van der Waals surface area (Å²) in [4.78, 5) is 10.1. The molecule has 0 amide bonds. The van der Waals surface area contributed by atoms with Crippen molar-refractivity contribution in [2.75, 3.05) is 0 Å². The minimum atomic E-state index is -0.0871. The molecule has 0 saturated carbocycles. The van der Waals surface area contributed by atoms with Gasteiger partial charge in [0.1, 0.15) is 5.58 Å². The number of fused-ring (bicyclic) bond motifs is 9. The molecule has 1 aliphatic carbocycles. The zero-order chi connectivity index (χ0) is 35.3. The lowest BCUT2D eigenvalue weighted by atomic mass is 9.82. The summed E-state index contributed by atoms with van der Waals surface area (Å²) in [5.41, 5.74) is 15.3. The number of para-hydroxylation sites is 1. The molecule has 0 spiro atoms. The molecule has 11 rings (SSSR count). The minimum absolute atomic E-state index is 0.0871. The first-order chi connectivity index (χ1) is 26.0. The maximum Gasteiger partial charge on any atom is 0.231 e. The topological polar surface area (TPSA) is 43.9 Å². The minimum Gasteiger partial charge on any atom is -0.438 e. The lowest BCUT2D eigenvalue weighted by Gasteiger charge is -2.21. The molecule has 250 valence electrons. The first-order valence-corrected chi connectivity index (χ1v) is 18.2. The number of nitrogens with zero attached hydrogens (tertiary/aromatic N) is 3. The van der Waals surface area contributed by atoms with Crippen molar-refractivity contribution >= 4 is 43.9 Å². The van der Waals surface area contributed by atoms with E-state index in [9.17, 15) is 0 Å². The molecule has 0 fully saturated rings. The quantitative estimate of drug-likeness (QED) is 0.186. The highest BCUT2D eigenvalue weighted by Gasteiger charge is 2.36. The van der Waals surface area contributed by atoms with Crippen LogP contribution in [0.1, 0.15) is 25.0 Å². The summed E-state index contributed by atoms with van der Waals surface area (Å²) in [7, 11) is 0. The van der Waals surface area contributed by atoms with Gasteiger partial charge in [-0.25, -0.2) is 4.98 Å². The van der Waals surface area contributed by atoms with Gasteiger partial charge in [-0.05, 0) is 75.8 Å². The van der Waals surface area contributed by atoms with E-state index in [2.05, 4.69) is 134 Å². The summed E-state index contributed by atoms with van der Waals surface area (Å²) in [5, 5.41) is 4.44. The van der Waals surface area contributed by atoms with Gasteiger partial charge in [0.15, 0.2) is 5.82 Å². The van der Waals surface area contributed by atoms with Gasteiger partial charge in [0.05, 0.1) is 22.1 Å². The summed E-state index contributed by atoms with van der Waals surface area (Å²) < 4.78 is 8.90. The van der Waals surface area contributed by atoms with Crippen molar-refractivity contribution in [3.63, 3.8) is 0 Å². The molecule has 0 saturated heterocycles. The summed E-state index contributed by atoms with van der Waals surface area (Å²) >= 11 is 0. The zero-order valence-electron chi connectivity index (χ0n) is 29.3. The summed E-state index contributed by atoms with van der Waals surface area (Å²) in [6.07, 6.45) is 0. The number of furan rings is 1. The Morgan fingerprint density at radius 3 is 2.06 bits per heavy atom. The molecule has 10 aromatic rings. The van der Waals surface area contributed by atoms with Crippen molar-refractivity contribution in [3.8, 4) is 50.6 Å². The lowest BCUT2D eigenvalue weighted by molar-refractivity contribution is 0.653. The number of hydrogen-bond donors (Lipinski definition) is 0. The highest BCUT2D eigenvalue weighted by Crippen LogP contribution is 2.51. The van der Waals surface area contributed by atoms with Crippen LogP contribution in [0.25, 0.3) is 94.5 Å². The van der Waals surface area contributed by atoms with Gasteiger partial charge in [0.25, 0.3) is 0 Å². The van der Waals surface area contributed by atoms with E-state index in [1.165, 1.54) is 44.1 Å². The fraction of sp³-hybridized carbons (Fsp3) is 0.0612. The Morgan fingerprint density at radius 1 is 0.491 bits per heavy atom. The number of aromatic nitrogens is 3. The summed E-state index contributed by atoms with van der Waals surface area (Å²) in [6, 6.07) is 58.3. The Kier molecular flexibility index (Phi) is 6.27. The highest BCUT2D eigenvalue weighted by molar-refractivity contribution is 6.13. The van der Waals surface area contributed by atoms with Crippen molar-refractivity contribution in [1.29, 1.82) is 0 Å². The molecule has 4 nitrogen and oxygen atoms in total. The van der Waals surface area contributed by atoms with E-state index < -0.39 is 0 Å². The molecule has 0 aliphatic heterocycles. The van der Waals surface area contributed by atoms with Gasteiger partial charge < -0.3 is 8.98 Å². The summed E-state index contributed by atoms with van der Waals surface area (Å²) in [5.74, 6) is 0.646. The predicted octanol–water partition coefficient (Wildman–Crippen LogP) is 12.8. The van der Waals surface area contributed by atoms with Gasteiger partial charge in [-0.1, -0.05) is 135 Å². The summed E-state index contributed by atoms with van der Waals surface area (Å²) in [6.45, 7) is 4.70. The highest BCUT2D eigenvalue weighted by atomic mass is 16.3. The average Bonchev–Trinajstić information content (AvgIpc) is 3.82. The third-order valence-corrected chi connectivity index (χ3v) is 11.2. The zero-order valence-corrected chi connectivity index (χ0v) is 29.3. The van der Waals surface area contributed by atoms with Crippen LogP contribution < -0.4 is 0 Å². The van der Waals surface area contributed by atoms with E-state index in [1.54, 1.807) is 0 Å². The Labute approximate surface area is 306 Å². The predicted molar refractivity (Wildman–Crippen MR) is 218 cm³/mol. The van der Waals surface area contributed by atoms with E-state index in [0.29, 0.717) is 11.5 Å². The van der Waals surface area contributed by atoms with Crippen LogP contribution in [0.5, 0.6) is 0 Å². The molecule has 0 unspecified atom stereocenters. The average molecular weight is 680 g/mol. The molecule has 53 heavy (non-hydrogen) atoms. The van der Waals surface area contributed by atoms with Crippen LogP contribution in [-0.2, 0) is 5.41 Å².